The first-order valence-corrected chi connectivity index (χ1v) is 6.97. The maximum absolute atomic E-state index is 10.2. The summed E-state index contributed by atoms with van der Waals surface area (Å²) in [6, 6.07) is 5.66. The van der Waals surface area contributed by atoms with Crippen LogP contribution in [0.25, 0.3) is 0 Å². The third-order valence-corrected chi connectivity index (χ3v) is 3.64. The van der Waals surface area contributed by atoms with Crippen LogP contribution in [0.5, 0.6) is 0 Å². The van der Waals surface area contributed by atoms with Gasteiger partial charge in [0.1, 0.15) is 6.29 Å². The lowest BCUT2D eigenvalue weighted by atomic mass is 10.0. The van der Waals surface area contributed by atoms with E-state index >= 15 is 0 Å². The van der Waals surface area contributed by atoms with E-state index in [4.69, 9.17) is 23.2 Å². The topological polar surface area (TPSA) is 29.1 Å². The molecule has 1 aromatic carbocycles. The third-order valence-electron chi connectivity index (χ3n) is 2.90. The molecular weight excluding hydrogens is 269 g/mol. The average molecular weight is 288 g/mol. The number of rotatable bonds is 8. The van der Waals surface area contributed by atoms with Gasteiger partial charge in [0, 0.05) is 13.0 Å². The summed E-state index contributed by atoms with van der Waals surface area (Å²) in [5, 5.41) is 4.54. The van der Waals surface area contributed by atoms with Crippen LogP contribution in [-0.2, 0) is 11.3 Å². The molecule has 0 bridgehead atoms. The van der Waals surface area contributed by atoms with E-state index in [-0.39, 0.29) is 0 Å². The predicted molar refractivity (Wildman–Crippen MR) is 77.2 cm³/mol. The van der Waals surface area contributed by atoms with E-state index in [0.717, 1.165) is 37.8 Å². The molecule has 0 amide bonds. The summed E-state index contributed by atoms with van der Waals surface area (Å²) in [4.78, 5) is 10.2. The monoisotopic (exact) mass is 287 g/mol. The molecule has 0 saturated carbocycles. The Hall–Kier alpha value is -0.570. The summed E-state index contributed by atoms with van der Waals surface area (Å²) >= 11 is 11.8. The van der Waals surface area contributed by atoms with Gasteiger partial charge in [0.15, 0.2) is 0 Å². The molecule has 0 aliphatic rings. The van der Waals surface area contributed by atoms with Gasteiger partial charge in [-0.25, -0.2) is 0 Å². The standard InChI is InChI=1S/C14H19Cl2NO/c1-11(3-2-8-18)6-7-17-10-12-4-5-13(15)14(16)9-12/h4-5,8-9,11,17H,2-3,6-7,10H2,1H3. The van der Waals surface area contributed by atoms with Crippen LogP contribution in [-0.4, -0.2) is 12.8 Å². The molecule has 4 heteroatoms. The molecule has 1 N–H and O–H groups in total. The van der Waals surface area contributed by atoms with Gasteiger partial charge in [-0.2, -0.15) is 0 Å². The van der Waals surface area contributed by atoms with Crippen LogP contribution < -0.4 is 5.32 Å². The molecule has 0 aliphatic heterocycles. The fourth-order valence-electron chi connectivity index (χ4n) is 1.73. The molecule has 1 unspecified atom stereocenters. The fourth-order valence-corrected chi connectivity index (χ4v) is 2.05. The van der Waals surface area contributed by atoms with E-state index in [2.05, 4.69) is 12.2 Å². The first kappa shape index (κ1) is 15.5. The highest BCUT2D eigenvalue weighted by molar-refractivity contribution is 6.42. The maximum Gasteiger partial charge on any atom is 0.120 e. The van der Waals surface area contributed by atoms with Gasteiger partial charge in [-0.3, -0.25) is 0 Å². The van der Waals surface area contributed by atoms with Crippen molar-refractivity contribution in [1.29, 1.82) is 0 Å². The average Bonchev–Trinajstić information content (AvgIpc) is 2.36. The molecule has 2 nitrogen and oxygen atoms in total. The van der Waals surface area contributed by atoms with Gasteiger partial charge in [-0.15, -0.1) is 0 Å². The number of aldehydes is 1. The van der Waals surface area contributed by atoms with Gasteiger partial charge in [0.25, 0.3) is 0 Å². The molecule has 1 rings (SSSR count). The van der Waals surface area contributed by atoms with E-state index in [0.29, 0.717) is 22.4 Å². The highest BCUT2D eigenvalue weighted by atomic mass is 35.5. The minimum atomic E-state index is 0.580. The summed E-state index contributed by atoms with van der Waals surface area (Å²) in [7, 11) is 0. The van der Waals surface area contributed by atoms with Crippen LogP contribution in [0, 0.1) is 5.92 Å². The molecule has 0 radical (unpaired) electrons. The van der Waals surface area contributed by atoms with Crippen LogP contribution in [0.2, 0.25) is 10.0 Å². The first-order chi connectivity index (χ1) is 8.63. The van der Waals surface area contributed by atoms with Crippen molar-refractivity contribution in [3.05, 3.63) is 33.8 Å². The zero-order valence-corrected chi connectivity index (χ0v) is 12.1. The van der Waals surface area contributed by atoms with Gasteiger partial charge >= 0.3 is 0 Å². The first-order valence-electron chi connectivity index (χ1n) is 6.21. The predicted octanol–water partition coefficient (Wildman–Crippen LogP) is 4.09. The number of nitrogens with one attached hydrogen (secondary N) is 1. The van der Waals surface area contributed by atoms with Crippen molar-refractivity contribution >= 4 is 29.5 Å². The van der Waals surface area contributed by atoms with Crippen LogP contribution in [0.3, 0.4) is 0 Å². The minimum Gasteiger partial charge on any atom is -0.313 e. The number of hydrogen-bond donors (Lipinski definition) is 1. The van der Waals surface area contributed by atoms with Gasteiger partial charge in [0.2, 0.25) is 0 Å². The number of carbonyl (C=O) groups is 1. The largest absolute Gasteiger partial charge is 0.313 e. The van der Waals surface area contributed by atoms with Gasteiger partial charge in [-0.1, -0.05) is 36.2 Å². The normalized spacial score (nSPS) is 12.4. The number of benzene rings is 1. The highest BCUT2D eigenvalue weighted by Crippen LogP contribution is 2.22. The van der Waals surface area contributed by atoms with Crippen LogP contribution in [0.1, 0.15) is 31.7 Å². The Bertz CT molecular complexity index is 382. The third kappa shape index (κ3) is 5.85. The van der Waals surface area contributed by atoms with Crippen molar-refractivity contribution < 1.29 is 4.79 Å². The zero-order valence-electron chi connectivity index (χ0n) is 10.6. The molecule has 1 aromatic rings. The molecule has 0 fully saturated rings. The molecule has 0 spiro atoms. The second-order valence-electron chi connectivity index (χ2n) is 4.56. The molecule has 0 aliphatic carbocycles. The van der Waals surface area contributed by atoms with Crippen LogP contribution in [0.4, 0.5) is 0 Å². The van der Waals surface area contributed by atoms with Crippen molar-refractivity contribution in [2.75, 3.05) is 6.54 Å². The van der Waals surface area contributed by atoms with Crippen molar-refractivity contribution in [1.82, 2.24) is 5.32 Å². The molecule has 1 atom stereocenters. The van der Waals surface area contributed by atoms with Crippen molar-refractivity contribution in [3.63, 3.8) is 0 Å². The lowest BCUT2D eigenvalue weighted by Crippen LogP contribution is -2.17. The van der Waals surface area contributed by atoms with Gasteiger partial charge < -0.3 is 10.1 Å². The van der Waals surface area contributed by atoms with E-state index in [9.17, 15) is 4.79 Å². The van der Waals surface area contributed by atoms with Crippen molar-refractivity contribution in [2.24, 2.45) is 5.92 Å². The highest BCUT2D eigenvalue weighted by Gasteiger charge is 2.02. The molecule has 0 saturated heterocycles. The van der Waals surface area contributed by atoms with Crippen molar-refractivity contribution in [2.45, 2.75) is 32.7 Å². The van der Waals surface area contributed by atoms with E-state index < -0.39 is 0 Å². The quantitative estimate of drug-likeness (QED) is 0.576. The summed E-state index contributed by atoms with van der Waals surface area (Å²) in [5.74, 6) is 0.580. The summed E-state index contributed by atoms with van der Waals surface area (Å²) in [6.45, 7) is 3.90. The number of hydrogen-bond acceptors (Lipinski definition) is 2. The lowest BCUT2D eigenvalue weighted by molar-refractivity contribution is -0.108. The second kappa shape index (κ2) is 8.52. The minimum absolute atomic E-state index is 0.580. The molecular formula is C14H19Cl2NO. The summed E-state index contributed by atoms with van der Waals surface area (Å²) in [6.07, 6.45) is 3.70. The number of halogens is 2. The Morgan fingerprint density at radius 1 is 1.28 bits per heavy atom. The molecule has 0 heterocycles. The van der Waals surface area contributed by atoms with Crippen LogP contribution >= 0.6 is 23.2 Å². The van der Waals surface area contributed by atoms with Crippen LogP contribution in [0.15, 0.2) is 18.2 Å². The Kier molecular flexibility index (Phi) is 7.33. The van der Waals surface area contributed by atoms with Gasteiger partial charge in [0.05, 0.1) is 10.0 Å². The molecule has 0 aromatic heterocycles. The Labute approximate surface area is 119 Å². The summed E-state index contributed by atoms with van der Waals surface area (Å²) < 4.78 is 0. The fraction of sp³-hybridized carbons (Fsp3) is 0.500. The zero-order chi connectivity index (χ0) is 13.4. The molecule has 100 valence electrons. The summed E-state index contributed by atoms with van der Waals surface area (Å²) in [5.41, 5.74) is 1.13. The Morgan fingerprint density at radius 2 is 2.06 bits per heavy atom. The second-order valence-corrected chi connectivity index (χ2v) is 5.38. The van der Waals surface area contributed by atoms with Crippen molar-refractivity contribution in [3.8, 4) is 0 Å². The smallest absolute Gasteiger partial charge is 0.120 e. The Morgan fingerprint density at radius 3 is 2.72 bits per heavy atom. The van der Waals surface area contributed by atoms with E-state index in [1.54, 1.807) is 0 Å². The van der Waals surface area contributed by atoms with E-state index in [1.807, 2.05) is 18.2 Å². The number of carbonyl (C=O) groups excluding carboxylic acids is 1. The van der Waals surface area contributed by atoms with E-state index in [1.165, 1.54) is 0 Å². The SMILES string of the molecule is CC(CCC=O)CCNCc1ccc(Cl)c(Cl)c1. The lowest BCUT2D eigenvalue weighted by Gasteiger charge is -2.10. The Balaban J connectivity index is 2.21. The maximum atomic E-state index is 10.2. The molecule has 18 heavy (non-hydrogen) atoms. The van der Waals surface area contributed by atoms with Gasteiger partial charge in [-0.05, 0) is 43.0 Å².